The Hall–Kier alpha value is -1.36. The molecule has 1 rings (SSSR count). The largest absolute Gasteiger partial charge is 0.385 e. The van der Waals surface area contributed by atoms with Gasteiger partial charge < -0.3 is 15.4 Å². The summed E-state index contributed by atoms with van der Waals surface area (Å²) in [6, 6.07) is -0.317. The highest BCUT2D eigenvalue weighted by Crippen LogP contribution is 2.31. The normalized spacial score (nSPS) is 25.1. The summed E-state index contributed by atoms with van der Waals surface area (Å²) in [7, 11) is 1.59. The van der Waals surface area contributed by atoms with Crippen LogP contribution in [0.15, 0.2) is 17.6 Å². The van der Waals surface area contributed by atoms with Crippen molar-refractivity contribution in [2.45, 2.75) is 19.4 Å². The summed E-state index contributed by atoms with van der Waals surface area (Å²) in [5.41, 5.74) is 5.25. The fraction of sp³-hybridized carbons (Fsp3) is 0.636. The van der Waals surface area contributed by atoms with Crippen LogP contribution in [0.25, 0.3) is 0 Å². The number of nitrogens with zero attached hydrogens (tertiary/aromatic N) is 2. The Morgan fingerprint density at radius 3 is 2.75 bits per heavy atom. The third-order valence-electron chi connectivity index (χ3n) is 3.00. The van der Waals surface area contributed by atoms with Crippen molar-refractivity contribution in [1.29, 1.82) is 0 Å². The number of amides is 2. The number of methoxy groups -OCH3 is 1. The maximum absolute atomic E-state index is 11.7. The number of hydrogen-bond donors (Lipinski definition) is 1. The molecule has 0 radical (unpaired) electrons. The first-order chi connectivity index (χ1) is 7.50. The van der Waals surface area contributed by atoms with Gasteiger partial charge in [-0.3, -0.25) is 0 Å². The summed E-state index contributed by atoms with van der Waals surface area (Å²) >= 11 is 0. The molecule has 1 aliphatic heterocycles. The van der Waals surface area contributed by atoms with E-state index in [9.17, 15) is 4.79 Å². The number of rotatable bonds is 5. The maximum atomic E-state index is 11.7. The van der Waals surface area contributed by atoms with E-state index in [0.29, 0.717) is 19.0 Å². The molecular formula is C11H19N3O2. The summed E-state index contributed by atoms with van der Waals surface area (Å²) in [6.07, 6.45) is 1.67. The average molecular weight is 225 g/mol. The molecule has 0 fully saturated rings. The predicted octanol–water partition coefficient (Wildman–Crippen LogP) is 1.01. The quantitative estimate of drug-likeness (QED) is 0.710. The summed E-state index contributed by atoms with van der Waals surface area (Å²) < 4.78 is 5.20. The summed E-state index contributed by atoms with van der Waals surface area (Å²) in [6.45, 7) is 8.40. The molecule has 5 nitrogen and oxygen atoms in total. The van der Waals surface area contributed by atoms with Crippen molar-refractivity contribution in [3.8, 4) is 0 Å². The topological polar surface area (TPSA) is 67.9 Å². The minimum atomic E-state index is -0.639. The van der Waals surface area contributed by atoms with E-state index in [0.717, 1.165) is 0 Å². The number of carbonyl (C=O) groups is 1. The second-order valence-electron chi connectivity index (χ2n) is 4.19. The summed E-state index contributed by atoms with van der Waals surface area (Å²) in [5, 5.41) is 0. The zero-order valence-electron chi connectivity index (χ0n) is 10.1. The molecule has 0 bridgehead atoms. The van der Waals surface area contributed by atoms with Crippen molar-refractivity contribution >= 4 is 11.9 Å². The first kappa shape index (κ1) is 12.7. The number of carbonyl (C=O) groups excluding carboxylic acids is 1. The van der Waals surface area contributed by atoms with Gasteiger partial charge in [-0.05, 0) is 5.92 Å². The highest BCUT2D eigenvalue weighted by molar-refractivity contribution is 6.06. The van der Waals surface area contributed by atoms with Gasteiger partial charge in [-0.25, -0.2) is 4.79 Å². The Labute approximate surface area is 96.0 Å². The molecule has 90 valence electrons. The lowest BCUT2D eigenvalue weighted by molar-refractivity contribution is 0.0614. The molecular weight excluding hydrogens is 206 g/mol. The Morgan fingerprint density at radius 2 is 2.31 bits per heavy atom. The van der Waals surface area contributed by atoms with E-state index in [-0.39, 0.29) is 11.9 Å². The van der Waals surface area contributed by atoms with Crippen LogP contribution in [-0.2, 0) is 4.74 Å². The van der Waals surface area contributed by atoms with Crippen LogP contribution in [0.1, 0.15) is 13.8 Å². The van der Waals surface area contributed by atoms with Gasteiger partial charge in [0.05, 0.1) is 6.61 Å². The molecule has 0 aromatic carbocycles. The van der Waals surface area contributed by atoms with Crippen LogP contribution in [0.3, 0.4) is 0 Å². The van der Waals surface area contributed by atoms with Crippen LogP contribution < -0.4 is 5.73 Å². The lowest BCUT2D eigenvalue weighted by atomic mass is 9.85. The standard InChI is InChI=1S/C11H19N3O2/c1-5-6-14-10(15)13-9(12)11(14,7-16-4)8(2)3/h5,8H,1,6-7H2,2-4H3,(H2,12,13,15). The Bertz CT molecular complexity index is 325. The molecule has 0 aliphatic carbocycles. The average Bonchev–Trinajstić information content (AvgIpc) is 2.43. The van der Waals surface area contributed by atoms with Crippen molar-refractivity contribution in [3.05, 3.63) is 12.7 Å². The first-order valence-corrected chi connectivity index (χ1v) is 5.26. The first-order valence-electron chi connectivity index (χ1n) is 5.26. The minimum Gasteiger partial charge on any atom is -0.385 e. The van der Waals surface area contributed by atoms with Gasteiger partial charge in [0.2, 0.25) is 0 Å². The second-order valence-corrected chi connectivity index (χ2v) is 4.19. The van der Waals surface area contributed by atoms with E-state index >= 15 is 0 Å². The van der Waals surface area contributed by atoms with Gasteiger partial charge >= 0.3 is 6.03 Å². The number of hydrogen-bond acceptors (Lipinski definition) is 3. The van der Waals surface area contributed by atoms with Gasteiger partial charge in [-0.15, -0.1) is 6.58 Å². The molecule has 0 aromatic heterocycles. The fourth-order valence-corrected chi connectivity index (χ4v) is 2.09. The van der Waals surface area contributed by atoms with Crippen molar-refractivity contribution < 1.29 is 9.53 Å². The Kier molecular flexibility index (Phi) is 3.70. The van der Waals surface area contributed by atoms with Crippen LogP contribution in [-0.4, -0.2) is 42.6 Å². The predicted molar refractivity (Wildman–Crippen MR) is 63.4 cm³/mol. The van der Waals surface area contributed by atoms with Gasteiger partial charge in [0, 0.05) is 13.7 Å². The van der Waals surface area contributed by atoms with Gasteiger partial charge in [-0.2, -0.15) is 4.99 Å². The monoisotopic (exact) mass is 225 g/mol. The highest BCUT2D eigenvalue weighted by atomic mass is 16.5. The van der Waals surface area contributed by atoms with E-state index in [1.54, 1.807) is 18.1 Å². The Morgan fingerprint density at radius 1 is 1.69 bits per heavy atom. The molecule has 0 saturated heterocycles. The zero-order valence-corrected chi connectivity index (χ0v) is 10.1. The second kappa shape index (κ2) is 4.65. The van der Waals surface area contributed by atoms with E-state index in [1.807, 2.05) is 13.8 Å². The van der Waals surface area contributed by atoms with Gasteiger partial charge in [-0.1, -0.05) is 19.9 Å². The number of urea groups is 1. The molecule has 2 amide bonds. The smallest absolute Gasteiger partial charge is 0.346 e. The lowest BCUT2D eigenvalue weighted by Crippen LogP contribution is -2.60. The summed E-state index contributed by atoms with van der Waals surface area (Å²) in [5.74, 6) is 0.457. The SMILES string of the molecule is C=CCN1C(=O)N=C(N)C1(COC)C(C)C. The molecule has 16 heavy (non-hydrogen) atoms. The van der Waals surface area contributed by atoms with E-state index in [2.05, 4.69) is 11.6 Å². The lowest BCUT2D eigenvalue weighted by Gasteiger charge is -2.40. The van der Waals surface area contributed by atoms with Crippen molar-refractivity contribution in [1.82, 2.24) is 4.90 Å². The Balaban J connectivity index is 3.15. The zero-order chi connectivity index (χ0) is 12.3. The van der Waals surface area contributed by atoms with Crippen molar-refractivity contribution in [2.75, 3.05) is 20.3 Å². The van der Waals surface area contributed by atoms with Crippen LogP contribution in [0.5, 0.6) is 0 Å². The number of nitrogens with two attached hydrogens (primary N) is 1. The molecule has 1 aliphatic rings. The molecule has 0 aromatic rings. The maximum Gasteiger partial charge on any atom is 0.346 e. The van der Waals surface area contributed by atoms with Crippen LogP contribution in [0, 0.1) is 5.92 Å². The van der Waals surface area contributed by atoms with Crippen LogP contribution >= 0.6 is 0 Å². The molecule has 1 unspecified atom stereocenters. The molecule has 5 heteroatoms. The highest BCUT2D eigenvalue weighted by Gasteiger charge is 2.50. The van der Waals surface area contributed by atoms with Crippen LogP contribution in [0.2, 0.25) is 0 Å². The molecule has 0 saturated carbocycles. The third kappa shape index (κ3) is 1.71. The molecule has 1 atom stereocenters. The number of ether oxygens (including phenoxy) is 1. The van der Waals surface area contributed by atoms with Gasteiger partial charge in [0.15, 0.2) is 0 Å². The molecule has 1 heterocycles. The molecule has 2 N–H and O–H groups in total. The minimum absolute atomic E-state index is 0.127. The summed E-state index contributed by atoms with van der Waals surface area (Å²) in [4.78, 5) is 17.2. The molecule has 0 spiro atoms. The van der Waals surface area contributed by atoms with E-state index in [4.69, 9.17) is 10.5 Å². The van der Waals surface area contributed by atoms with E-state index in [1.165, 1.54) is 0 Å². The van der Waals surface area contributed by atoms with Crippen molar-refractivity contribution in [2.24, 2.45) is 16.6 Å². The van der Waals surface area contributed by atoms with Crippen molar-refractivity contribution in [3.63, 3.8) is 0 Å². The number of aliphatic imine (C=N–C) groups is 1. The fourth-order valence-electron chi connectivity index (χ4n) is 2.09. The van der Waals surface area contributed by atoms with Gasteiger partial charge in [0.1, 0.15) is 11.4 Å². The van der Waals surface area contributed by atoms with Crippen LogP contribution in [0.4, 0.5) is 4.79 Å². The van der Waals surface area contributed by atoms with E-state index < -0.39 is 5.54 Å². The number of amidine groups is 1. The van der Waals surface area contributed by atoms with Gasteiger partial charge in [0.25, 0.3) is 0 Å². The third-order valence-corrected chi connectivity index (χ3v) is 3.00.